The highest BCUT2D eigenvalue weighted by Crippen LogP contribution is 2.48. The molecule has 0 amide bonds. The molecule has 0 spiro atoms. The molecule has 1 aliphatic heterocycles. The standard InChI is InChI=1S/C19H40NO5P/c1-14(2)20(15(3)4)26(13-9-10-21-7)25-19-17(6)24-16(5)18(19)23-12-11-22-8/h14-19H,9-13H2,1-8H3/t16-,17+,18-,19+,26?/m0/s1. The Hall–Kier alpha value is 0.190. The van der Waals surface area contributed by atoms with Crippen molar-refractivity contribution in [3.05, 3.63) is 0 Å². The molecule has 0 aromatic rings. The van der Waals surface area contributed by atoms with Crippen molar-refractivity contribution in [2.24, 2.45) is 0 Å². The molecule has 1 aliphatic rings. The quantitative estimate of drug-likeness (QED) is 0.351. The van der Waals surface area contributed by atoms with Gasteiger partial charge in [-0.25, -0.2) is 0 Å². The van der Waals surface area contributed by atoms with Crippen molar-refractivity contribution >= 4 is 8.30 Å². The van der Waals surface area contributed by atoms with Gasteiger partial charge in [0.05, 0.1) is 25.4 Å². The van der Waals surface area contributed by atoms with E-state index in [2.05, 4.69) is 46.2 Å². The predicted molar refractivity (Wildman–Crippen MR) is 107 cm³/mol. The molecule has 7 heteroatoms. The van der Waals surface area contributed by atoms with Gasteiger partial charge in [0.1, 0.15) is 20.5 Å². The van der Waals surface area contributed by atoms with Crippen LogP contribution in [0.5, 0.6) is 0 Å². The summed E-state index contributed by atoms with van der Waals surface area (Å²) in [5.41, 5.74) is 0. The minimum Gasteiger partial charge on any atom is -0.385 e. The van der Waals surface area contributed by atoms with Crippen molar-refractivity contribution in [1.82, 2.24) is 4.67 Å². The molecule has 1 heterocycles. The third kappa shape index (κ3) is 7.31. The van der Waals surface area contributed by atoms with Gasteiger partial charge in [0, 0.05) is 39.1 Å². The number of rotatable bonds is 13. The molecule has 5 atom stereocenters. The Bertz CT molecular complexity index is 364. The second-order valence-electron chi connectivity index (χ2n) is 7.43. The van der Waals surface area contributed by atoms with Crippen LogP contribution in [0.4, 0.5) is 0 Å². The summed E-state index contributed by atoms with van der Waals surface area (Å²) in [5.74, 6) is 0. The fraction of sp³-hybridized carbons (Fsp3) is 1.00. The lowest BCUT2D eigenvalue weighted by Crippen LogP contribution is -2.40. The summed E-state index contributed by atoms with van der Waals surface area (Å²) in [4.78, 5) is 0. The fourth-order valence-electron chi connectivity index (χ4n) is 3.49. The number of ether oxygens (including phenoxy) is 4. The Balaban J connectivity index is 2.86. The second-order valence-corrected chi connectivity index (χ2v) is 9.26. The molecule has 0 radical (unpaired) electrons. The molecule has 1 unspecified atom stereocenters. The monoisotopic (exact) mass is 393 g/mol. The summed E-state index contributed by atoms with van der Waals surface area (Å²) in [7, 11) is 2.68. The Kier molecular flexibility index (Phi) is 11.8. The van der Waals surface area contributed by atoms with Crippen molar-refractivity contribution in [1.29, 1.82) is 0 Å². The summed E-state index contributed by atoms with van der Waals surface area (Å²) in [6, 6.07) is 0.845. The number of nitrogens with zero attached hydrogens (tertiary/aromatic N) is 1. The molecule has 0 aromatic carbocycles. The molecule has 1 rings (SSSR count). The molecule has 0 bridgehead atoms. The van der Waals surface area contributed by atoms with Gasteiger partial charge in [-0.3, -0.25) is 4.67 Å². The summed E-state index contributed by atoms with van der Waals surface area (Å²) in [6.45, 7) is 15.0. The molecule has 0 saturated carbocycles. The highest BCUT2D eigenvalue weighted by Gasteiger charge is 2.44. The van der Waals surface area contributed by atoms with Gasteiger partial charge in [0.25, 0.3) is 0 Å². The SMILES string of the molecule is COCCCP(O[C@H]1[C@@H](OCCOC)[C@H](C)O[C@@H]1C)N(C(C)C)C(C)C. The molecule has 1 fully saturated rings. The van der Waals surface area contributed by atoms with Crippen LogP contribution < -0.4 is 0 Å². The third-order valence-corrected chi connectivity index (χ3v) is 7.16. The van der Waals surface area contributed by atoms with Crippen LogP contribution >= 0.6 is 8.30 Å². The van der Waals surface area contributed by atoms with Crippen LogP contribution in [0.25, 0.3) is 0 Å². The van der Waals surface area contributed by atoms with Crippen LogP contribution in [-0.4, -0.2) is 81.4 Å². The summed E-state index contributed by atoms with van der Waals surface area (Å²) in [5, 5.41) is 0. The Morgan fingerprint density at radius 3 is 2.00 bits per heavy atom. The van der Waals surface area contributed by atoms with Gasteiger partial charge in [-0.15, -0.1) is 0 Å². The van der Waals surface area contributed by atoms with E-state index in [0.29, 0.717) is 25.3 Å². The lowest BCUT2D eigenvalue weighted by atomic mass is 10.1. The molecule has 0 N–H and O–H groups in total. The molecule has 26 heavy (non-hydrogen) atoms. The van der Waals surface area contributed by atoms with Crippen molar-refractivity contribution in [2.75, 3.05) is 40.2 Å². The maximum absolute atomic E-state index is 6.71. The molecular weight excluding hydrogens is 353 g/mol. The van der Waals surface area contributed by atoms with Crippen molar-refractivity contribution in [3.8, 4) is 0 Å². The zero-order valence-electron chi connectivity index (χ0n) is 17.9. The third-order valence-electron chi connectivity index (χ3n) is 4.53. The van der Waals surface area contributed by atoms with E-state index in [9.17, 15) is 0 Å². The van der Waals surface area contributed by atoms with Crippen molar-refractivity contribution < 1.29 is 23.5 Å². The second kappa shape index (κ2) is 12.6. The van der Waals surface area contributed by atoms with Gasteiger partial charge in [0.15, 0.2) is 0 Å². The lowest BCUT2D eigenvalue weighted by Gasteiger charge is -2.39. The first-order valence-corrected chi connectivity index (χ1v) is 11.2. The van der Waals surface area contributed by atoms with Gasteiger partial charge in [-0.1, -0.05) is 0 Å². The first-order chi connectivity index (χ1) is 12.3. The topological polar surface area (TPSA) is 49.4 Å². The minimum atomic E-state index is -0.754. The zero-order chi connectivity index (χ0) is 19.7. The van der Waals surface area contributed by atoms with Gasteiger partial charge in [0.2, 0.25) is 0 Å². The van der Waals surface area contributed by atoms with E-state index in [-0.39, 0.29) is 24.4 Å². The molecule has 1 saturated heterocycles. The molecule has 156 valence electrons. The average Bonchev–Trinajstić information content (AvgIpc) is 2.81. The predicted octanol–water partition coefficient (Wildman–Crippen LogP) is 3.68. The maximum atomic E-state index is 6.71. The van der Waals surface area contributed by atoms with Crippen LogP contribution in [0.1, 0.15) is 48.0 Å². The van der Waals surface area contributed by atoms with Crippen LogP contribution in [-0.2, 0) is 23.5 Å². The number of hydrogen-bond acceptors (Lipinski definition) is 6. The van der Waals surface area contributed by atoms with Crippen molar-refractivity contribution in [3.63, 3.8) is 0 Å². The molecule has 0 aromatic heterocycles. The number of methoxy groups -OCH3 is 2. The van der Waals surface area contributed by atoms with E-state index in [4.69, 9.17) is 23.5 Å². The molecular formula is C19H40NO5P. The lowest BCUT2D eigenvalue weighted by molar-refractivity contribution is -0.0419. The normalized spacial score (nSPS) is 27.8. The van der Waals surface area contributed by atoms with Gasteiger partial charge in [-0.05, 0) is 48.0 Å². The first kappa shape index (κ1) is 24.2. The zero-order valence-corrected chi connectivity index (χ0v) is 18.8. The fourth-order valence-corrected chi connectivity index (χ4v) is 5.94. The van der Waals surface area contributed by atoms with Crippen LogP contribution in [0.2, 0.25) is 0 Å². The maximum Gasteiger partial charge on any atom is 0.118 e. The molecule has 0 aliphatic carbocycles. The van der Waals surface area contributed by atoms with E-state index >= 15 is 0 Å². The molecule has 6 nitrogen and oxygen atoms in total. The average molecular weight is 394 g/mol. The van der Waals surface area contributed by atoms with E-state index < -0.39 is 8.30 Å². The highest BCUT2D eigenvalue weighted by atomic mass is 31.2. The van der Waals surface area contributed by atoms with E-state index in [1.54, 1.807) is 14.2 Å². The Labute approximate surface area is 161 Å². The van der Waals surface area contributed by atoms with E-state index in [1.807, 2.05) is 0 Å². The van der Waals surface area contributed by atoms with Crippen LogP contribution in [0.15, 0.2) is 0 Å². The summed E-state index contributed by atoms with van der Waals surface area (Å²) < 4.78 is 31.7. The van der Waals surface area contributed by atoms with Gasteiger partial charge in [-0.2, -0.15) is 0 Å². The van der Waals surface area contributed by atoms with E-state index in [0.717, 1.165) is 19.2 Å². The van der Waals surface area contributed by atoms with Gasteiger partial charge < -0.3 is 23.5 Å². The van der Waals surface area contributed by atoms with Crippen LogP contribution in [0, 0.1) is 0 Å². The minimum absolute atomic E-state index is 0.0196. The van der Waals surface area contributed by atoms with E-state index in [1.165, 1.54) is 0 Å². The summed E-state index contributed by atoms with van der Waals surface area (Å²) >= 11 is 0. The van der Waals surface area contributed by atoms with Crippen molar-refractivity contribution in [2.45, 2.75) is 84.5 Å². The smallest absolute Gasteiger partial charge is 0.118 e. The summed E-state index contributed by atoms with van der Waals surface area (Å²) in [6.07, 6.45) is 1.90. The Morgan fingerprint density at radius 2 is 1.46 bits per heavy atom. The van der Waals surface area contributed by atoms with Crippen LogP contribution in [0.3, 0.4) is 0 Å². The Morgan fingerprint density at radius 1 is 0.885 bits per heavy atom. The van der Waals surface area contributed by atoms with Gasteiger partial charge >= 0.3 is 0 Å². The number of hydrogen-bond donors (Lipinski definition) is 0. The highest BCUT2D eigenvalue weighted by molar-refractivity contribution is 7.50. The first-order valence-electron chi connectivity index (χ1n) is 9.80. The largest absolute Gasteiger partial charge is 0.385 e.